The first kappa shape index (κ1) is 17.9. The highest BCUT2D eigenvalue weighted by Gasteiger charge is 2.58. The topological polar surface area (TPSA) is 70.1 Å². The quantitative estimate of drug-likeness (QED) is 0.678. The van der Waals surface area contributed by atoms with Crippen molar-refractivity contribution in [2.45, 2.75) is 13.0 Å². The second-order valence-corrected chi connectivity index (χ2v) is 7.57. The second kappa shape index (κ2) is 6.58. The molecular formula is C19H13BrClN3O3. The van der Waals surface area contributed by atoms with Crippen LogP contribution in [0.25, 0.3) is 0 Å². The van der Waals surface area contributed by atoms with Gasteiger partial charge in [-0.1, -0.05) is 39.7 Å². The summed E-state index contributed by atoms with van der Waals surface area (Å²) in [6.45, 7) is 1.34. The Kier molecular flexibility index (Phi) is 4.36. The van der Waals surface area contributed by atoms with Gasteiger partial charge in [0, 0.05) is 11.4 Å². The maximum absolute atomic E-state index is 13.2. The van der Waals surface area contributed by atoms with Crippen molar-refractivity contribution in [3.8, 4) is 0 Å². The van der Waals surface area contributed by atoms with E-state index in [-0.39, 0.29) is 16.5 Å². The van der Waals surface area contributed by atoms with Crippen LogP contribution in [0.15, 0.2) is 58.1 Å². The number of Topliss-reactive ketones (excluding diaryl/α,β-unsaturated/α-hetero) is 1. The SMILES string of the molecule is CC(=O)C1=NN(c2ccc(Br)cc2)[C@H]2C(=O)N(c3ccccc3Cl)C(=O)[C@H]12. The third-order valence-corrected chi connectivity index (χ3v) is 5.44. The first-order valence-electron chi connectivity index (χ1n) is 8.16. The summed E-state index contributed by atoms with van der Waals surface area (Å²) >= 11 is 9.56. The van der Waals surface area contributed by atoms with E-state index in [0.29, 0.717) is 11.4 Å². The molecule has 2 aliphatic heterocycles. The molecule has 6 nitrogen and oxygen atoms in total. The number of hydrogen-bond donors (Lipinski definition) is 0. The Balaban J connectivity index is 1.82. The molecule has 0 saturated carbocycles. The van der Waals surface area contributed by atoms with E-state index in [1.807, 2.05) is 0 Å². The first-order valence-corrected chi connectivity index (χ1v) is 9.34. The summed E-state index contributed by atoms with van der Waals surface area (Å²) in [6.07, 6.45) is 0. The first-order chi connectivity index (χ1) is 12.9. The molecule has 0 N–H and O–H groups in total. The number of para-hydroxylation sites is 1. The Morgan fingerprint density at radius 1 is 1.07 bits per heavy atom. The number of carbonyl (C=O) groups excluding carboxylic acids is 3. The maximum Gasteiger partial charge on any atom is 0.259 e. The minimum atomic E-state index is -0.949. The molecule has 2 aliphatic rings. The van der Waals surface area contributed by atoms with Gasteiger partial charge >= 0.3 is 0 Å². The van der Waals surface area contributed by atoms with Crippen LogP contribution < -0.4 is 9.91 Å². The number of imide groups is 1. The number of fused-ring (bicyclic) bond motifs is 1. The Labute approximate surface area is 168 Å². The van der Waals surface area contributed by atoms with Gasteiger partial charge in [0.25, 0.3) is 5.91 Å². The van der Waals surface area contributed by atoms with Crippen molar-refractivity contribution < 1.29 is 14.4 Å². The fraction of sp³-hybridized carbons (Fsp3) is 0.158. The van der Waals surface area contributed by atoms with Crippen LogP contribution in [-0.4, -0.2) is 29.4 Å². The molecule has 136 valence electrons. The van der Waals surface area contributed by atoms with E-state index in [9.17, 15) is 14.4 Å². The summed E-state index contributed by atoms with van der Waals surface area (Å²) in [7, 11) is 0. The van der Waals surface area contributed by atoms with Gasteiger partial charge in [-0.25, -0.2) is 4.90 Å². The van der Waals surface area contributed by atoms with E-state index in [1.54, 1.807) is 48.5 Å². The molecule has 0 radical (unpaired) electrons. The highest BCUT2D eigenvalue weighted by Crippen LogP contribution is 2.39. The fourth-order valence-corrected chi connectivity index (χ4v) is 3.87. The van der Waals surface area contributed by atoms with Gasteiger partial charge in [-0.15, -0.1) is 0 Å². The van der Waals surface area contributed by atoms with E-state index in [4.69, 9.17) is 11.6 Å². The minimum absolute atomic E-state index is 0.0795. The summed E-state index contributed by atoms with van der Waals surface area (Å²) < 4.78 is 0.865. The Morgan fingerprint density at radius 3 is 2.37 bits per heavy atom. The number of hydrazone groups is 1. The zero-order chi connectivity index (χ0) is 19.3. The van der Waals surface area contributed by atoms with Crippen LogP contribution in [0.1, 0.15) is 6.92 Å². The summed E-state index contributed by atoms with van der Waals surface area (Å²) in [6, 6.07) is 12.9. The predicted molar refractivity (Wildman–Crippen MR) is 106 cm³/mol. The van der Waals surface area contributed by atoms with Gasteiger partial charge in [0.1, 0.15) is 17.7 Å². The van der Waals surface area contributed by atoms with Gasteiger partial charge < -0.3 is 0 Å². The highest BCUT2D eigenvalue weighted by atomic mass is 79.9. The molecule has 1 fully saturated rings. The number of halogens is 2. The summed E-state index contributed by atoms with van der Waals surface area (Å²) in [5.74, 6) is -2.24. The average molecular weight is 447 g/mol. The third kappa shape index (κ3) is 2.78. The zero-order valence-corrected chi connectivity index (χ0v) is 16.4. The van der Waals surface area contributed by atoms with Crippen molar-refractivity contribution >= 4 is 62.2 Å². The van der Waals surface area contributed by atoms with Gasteiger partial charge in [-0.3, -0.25) is 19.4 Å². The predicted octanol–water partition coefficient (Wildman–Crippen LogP) is 3.43. The molecule has 2 aromatic carbocycles. The van der Waals surface area contributed by atoms with Crippen molar-refractivity contribution in [3.63, 3.8) is 0 Å². The monoisotopic (exact) mass is 445 g/mol. The van der Waals surface area contributed by atoms with Gasteiger partial charge in [-0.2, -0.15) is 5.10 Å². The van der Waals surface area contributed by atoms with Crippen molar-refractivity contribution in [2.75, 3.05) is 9.91 Å². The average Bonchev–Trinajstić information content (AvgIpc) is 3.15. The van der Waals surface area contributed by atoms with Crippen LogP contribution in [0, 0.1) is 5.92 Å². The lowest BCUT2D eigenvalue weighted by Crippen LogP contribution is -2.39. The molecule has 2 atom stereocenters. The molecular weight excluding hydrogens is 434 g/mol. The van der Waals surface area contributed by atoms with Crippen molar-refractivity contribution in [1.29, 1.82) is 0 Å². The molecule has 2 heterocycles. The van der Waals surface area contributed by atoms with Gasteiger partial charge in [0.15, 0.2) is 5.78 Å². The van der Waals surface area contributed by atoms with E-state index in [1.165, 1.54) is 11.9 Å². The molecule has 27 heavy (non-hydrogen) atoms. The summed E-state index contributed by atoms with van der Waals surface area (Å²) in [5, 5.41) is 6.04. The van der Waals surface area contributed by atoms with E-state index in [0.717, 1.165) is 9.37 Å². The van der Waals surface area contributed by atoms with Crippen molar-refractivity contribution in [3.05, 3.63) is 58.0 Å². The molecule has 4 rings (SSSR count). The van der Waals surface area contributed by atoms with Crippen LogP contribution >= 0.6 is 27.5 Å². The molecule has 0 aromatic heterocycles. The highest BCUT2D eigenvalue weighted by molar-refractivity contribution is 9.10. The normalized spacial score (nSPS) is 21.5. The van der Waals surface area contributed by atoms with Gasteiger partial charge in [0.05, 0.1) is 16.4 Å². The minimum Gasteiger partial charge on any atom is -0.293 e. The molecule has 2 amide bonds. The third-order valence-electron chi connectivity index (χ3n) is 4.59. The van der Waals surface area contributed by atoms with Crippen LogP contribution in [-0.2, 0) is 14.4 Å². The molecule has 0 aliphatic carbocycles. The number of carbonyl (C=O) groups is 3. The van der Waals surface area contributed by atoms with Crippen LogP contribution in [0.5, 0.6) is 0 Å². The number of nitrogens with zero attached hydrogens (tertiary/aromatic N) is 3. The van der Waals surface area contributed by atoms with Crippen LogP contribution in [0.2, 0.25) is 5.02 Å². The van der Waals surface area contributed by atoms with Crippen molar-refractivity contribution in [1.82, 2.24) is 0 Å². The molecule has 2 aromatic rings. The smallest absolute Gasteiger partial charge is 0.259 e. The molecule has 1 saturated heterocycles. The lowest BCUT2D eigenvalue weighted by Gasteiger charge is -2.22. The van der Waals surface area contributed by atoms with Crippen LogP contribution in [0.4, 0.5) is 11.4 Å². The number of ketones is 1. The largest absolute Gasteiger partial charge is 0.293 e. The maximum atomic E-state index is 13.2. The van der Waals surface area contributed by atoms with Crippen molar-refractivity contribution in [2.24, 2.45) is 11.0 Å². The number of anilines is 2. The van der Waals surface area contributed by atoms with Gasteiger partial charge in [0.2, 0.25) is 5.91 Å². The van der Waals surface area contributed by atoms with E-state index >= 15 is 0 Å². The van der Waals surface area contributed by atoms with E-state index in [2.05, 4.69) is 21.0 Å². The molecule has 8 heteroatoms. The standard InChI is InChI=1S/C19H13BrClN3O3/c1-10(25)16-15-17(24(22-16)12-8-6-11(20)7-9-12)19(27)23(18(15)26)14-5-3-2-4-13(14)21/h2-9,15,17H,1H3/t15-,17-/m1/s1. The number of hydrogen-bond acceptors (Lipinski definition) is 5. The molecule has 0 bridgehead atoms. The Bertz CT molecular complexity index is 1010. The number of amides is 2. The van der Waals surface area contributed by atoms with Gasteiger partial charge in [-0.05, 0) is 36.4 Å². The number of benzene rings is 2. The van der Waals surface area contributed by atoms with Crippen LogP contribution in [0.3, 0.4) is 0 Å². The molecule has 0 unspecified atom stereocenters. The number of rotatable bonds is 3. The summed E-state index contributed by atoms with van der Waals surface area (Å²) in [4.78, 5) is 39.4. The zero-order valence-electron chi connectivity index (χ0n) is 14.1. The summed E-state index contributed by atoms with van der Waals surface area (Å²) in [5.41, 5.74) is 1.00. The van der Waals surface area contributed by atoms with E-state index < -0.39 is 23.8 Å². The lowest BCUT2D eigenvalue weighted by atomic mass is 9.95. The Hall–Kier alpha value is -2.51. The lowest BCUT2D eigenvalue weighted by molar-refractivity contribution is -0.122. The molecule has 0 spiro atoms. The fourth-order valence-electron chi connectivity index (χ4n) is 3.38. The Morgan fingerprint density at radius 2 is 1.74 bits per heavy atom. The second-order valence-electron chi connectivity index (χ2n) is 6.25.